The lowest BCUT2D eigenvalue weighted by molar-refractivity contribution is 0.102. The highest BCUT2D eigenvalue weighted by molar-refractivity contribution is 7.14. The SMILES string of the molecule is O=C(Nc1nc(-c2ccccn2)cs1)c1cc(-c2ccco2)nc2ccccc12. The van der Waals surface area contributed by atoms with Gasteiger partial charge < -0.3 is 4.42 Å². The molecule has 0 saturated carbocycles. The number of anilines is 1. The van der Waals surface area contributed by atoms with Crippen LogP contribution >= 0.6 is 11.3 Å². The summed E-state index contributed by atoms with van der Waals surface area (Å²) in [6, 6.07) is 18.5. The number of para-hydroxylation sites is 1. The molecule has 1 amide bonds. The zero-order chi connectivity index (χ0) is 19.6. The van der Waals surface area contributed by atoms with Gasteiger partial charge in [0.25, 0.3) is 5.91 Å². The van der Waals surface area contributed by atoms with Gasteiger partial charge in [-0.15, -0.1) is 11.3 Å². The van der Waals surface area contributed by atoms with Crippen LogP contribution in [0.25, 0.3) is 33.7 Å². The van der Waals surface area contributed by atoms with Crippen molar-refractivity contribution in [2.45, 2.75) is 0 Å². The maximum absolute atomic E-state index is 13.1. The Hall–Kier alpha value is -3.84. The first-order chi connectivity index (χ1) is 14.3. The molecule has 0 saturated heterocycles. The molecule has 0 unspecified atom stereocenters. The van der Waals surface area contributed by atoms with Crippen LogP contribution in [0.5, 0.6) is 0 Å². The van der Waals surface area contributed by atoms with Crippen LogP contribution in [0.2, 0.25) is 0 Å². The van der Waals surface area contributed by atoms with Crippen molar-refractivity contribution in [3.63, 3.8) is 0 Å². The largest absolute Gasteiger partial charge is 0.463 e. The Morgan fingerprint density at radius 1 is 0.931 bits per heavy atom. The van der Waals surface area contributed by atoms with E-state index in [1.807, 2.05) is 53.9 Å². The second-order valence-corrected chi connectivity index (χ2v) is 7.11. The highest BCUT2D eigenvalue weighted by atomic mass is 32.1. The molecule has 1 aromatic carbocycles. The molecule has 1 N–H and O–H groups in total. The van der Waals surface area contributed by atoms with E-state index in [0.29, 0.717) is 22.1 Å². The van der Waals surface area contributed by atoms with E-state index in [-0.39, 0.29) is 5.91 Å². The lowest BCUT2D eigenvalue weighted by Crippen LogP contribution is -2.13. The molecule has 0 spiro atoms. The predicted octanol–water partition coefficient (Wildman–Crippen LogP) is 5.27. The second-order valence-electron chi connectivity index (χ2n) is 6.26. The van der Waals surface area contributed by atoms with Crippen LogP contribution in [0.15, 0.2) is 82.9 Å². The van der Waals surface area contributed by atoms with Crippen molar-refractivity contribution in [3.8, 4) is 22.8 Å². The molecule has 0 bridgehead atoms. The topological polar surface area (TPSA) is 80.9 Å². The first kappa shape index (κ1) is 17.3. The number of rotatable bonds is 4. The van der Waals surface area contributed by atoms with E-state index < -0.39 is 0 Å². The Labute approximate surface area is 169 Å². The number of carbonyl (C=O) groups excluding carboxylic acids is 1. The minimum atomic E-state index is -0.252. The van der Waals surface area contributed by atoms with Crippen molar-refractivity contribution in [2.24, 2.45) is 0 Å². The van der Waals surface area contributed by atoms with E-state index in [1.54, 1.807) is 24.6 Å². The molecule has 5 aromatic rings. The van der Waals surface area contributed by atoms with Gasteiger partial charge in [0.15, 0.2) is 10.9 Å². The summed E-state index contributed by atoms with van der Waals surface area (Å²) < 4.78 is 5.46. The van der Waals surface area contributed by atoms with Gasteiger partial charge in [-0.05, 0) is 36.4 Å². The first-order valence-electron chi connectivity index (χ1n) is 8.90. The quantitative estimate of drug-likeness (QED) is 0.446. The maximum Gasteiger partial charge on any atom is 0.258 e. The molecule has 6 nitrogen and oxygen atoms in total. The molecule has 4 heterocycles. The van der Waals surface area contributed by atoms with Crippen molar-refractivity contribution in [1.82, 2.24) is 15.0 Å². The van der Waals surface area contributed by atoms with Gasteiger partial charge in [-0.25, -0.2) is 9.97 Å². The van der Waals surface area contributed by atoms with Gasteiger partial charge in [0.05, 0.1) is 23.0 Å². The molecule has 140 valence electrons. The number of furan rings is 1. The number of fused-ring (bicyclic) bond motifs is 1. The first-order valence-corrected chi connectivity index (χ1v) is 9.78. The molecule has 0 radical (unpaired) electrons. The van der Waals surface area contributed by atoms with E-state index in [2.05, 4.69) is 20.3 Å². The number of pyridine rings is 2. The highest BCUT2D eigenvalue weighted by Gasteiger charge is 2.16. The van der Waals surface area contributed by atoms with Crippen LogP contribution in [0, 0.1) is 0 Å². The lowest BCUT2D eigenvalue weighted by atomic mass is 10.1. The summed E-state index contributed by atoms with van der Waals surface area (Å²) in [5, 5.41) is 6.04. The molecule has 7 heteroatoms. The lowest BCUT2D eigenvalue weighted by Gasteiger charge is -2.08. The fraction of sp³-hybridized carbons (Fsp3) is 0. The average Bonchev–Trinajstić information content (AvgIpc) is 3.46. The van der Waals surface area contributed by atoms with Gasteiger partial charge in [0.1, 0.15) is 11.4 Å². The van der Waals surface area contributed by atoms with Gasteiger partial charge in [-0.2, -0.15) is 0 Å². The third-order valence-electron chi connectivity index (χ3n) is 4.39. The van der Waals surface area contributed by atoms with Crippen molar-refractivity contribution in [2.75, 3.05) is 5.32 Å². The van der Waals surface area contributed by atoms with E-state index in [4.69, 9.17) is 4.42 Å². The Balaban J connectivity index is 1.50. The molecule has 0 aliphatic rings. The molecular formula is C22H14N4O2S. The van der Waals surface area contributed by atoms with Crippen LogP contribution in [0.3, 0.4) is 0 Å². The Kier molecular flexibility index (Phi) is 4.34. The van der Waals surface area contributed by atoms with E-state index in [0.717, 1.165) is 22.3 Å². The number of hydrogen-bond acceptors (Lipinski definition) is 6. The van der Waals surface area contributed by atoms with E-state index in [9.17, 15) is 4.79 Å². The summed E-state index contributed by atoms with van der Waals surface area (Å²) in [6.45, 7) is 0. The van der Waals surface area contributed by atoms with Crippen LogP contribution in [0.1, 0.15) is 10.4 Å². The number of thiazole rings is 1. The fourth-order valence-corrected chi connectivity index (χ4v) is 3.74. The zero-order valence-corrected chi connectivity index (χ0v) is 15.9. The van der Waals surface area contributed by atoms with E-state index in [1.165, 1.54) is 11.3 Å². The highest BCUT2D eigenvalue weighted by Crippen LogP contribution is 2.27. The number of nitrogens with zero attached hydrogens (tertiary/aromatic N) is 3. The van der Waals surface area contributed by atoms with Crippen molar-refractivity contribution in [3.05, 3.63) is 84.1 Å². The van der Waals surface area contributed by atoms with Gasteiger partial charge in [-0.3, -0.25) is 15.1 Å². The molecule has 29 heavy (non-hydrogen) atoms. The number of carbonyl (C=O) groups is 1. The standard InChI is InChI=1S/C22H14N4O2S/c27-21(26-22-25-19(13-29-22)17-8-3-4-10-23-17)15-12-18(20-9-5-11-28-20)24-16-7-2-1-6-14(15)16/h1-13H,(H,25,26,27). The molecular weight excluding hydrogens is 384 g/mol. The summed E-state index contributed by atoms with van der Waals surface area (Å²) in [5.41, 5.74) is 3.32. The summed E-state index contributed by atoms with van der Waals surface area (Å²) in [6.07, 6.45) is 3.30. The smallest absolute Gasteiger partial charge is 0.258 e. The van der Waals surface area contributed by atoms with Gasteiger partial charge in [-0.1, -0.05) is 24.3 Å². The van der Waals surface area contributed by atoms with Crippen LogP contribution < -0.4 is 5.32 Å². The minimum absolute atomic E-state index is 0.252. The average molecular weight is 398 g/mol. The Bertz CT molecular complexity index is 1300. The summed E-state index contributed by atoms with van der Waals surface area (Å²) in [7, 11) is 0. The van der Waals surface area contributed by atoms with Crippen LogP contribution in [0.4, 0.5) is 5.13 Å². The molecule has 0 fully saturated rings. The second kappa shape index (κ2) is 7.29. The summed E-state index contributed by atoms with van der Waals surface area (Å²) in [5.74, 6) is 0.356. The number of aromatic nitrogens is 3. The normalized spacial score (nSPS) is 10.9. The molecule has 5 rings (SSSR count). The molecule has 0 aliphatic carbocycles. The maximum atomic E-state index is 13.1. The van der Waals surface area contributed by atoms with E-state index >= 15 is 0 Å². The third-order valence-corrected chi connectivity index (χ3v) is 5.14. The van der Waals surface area contributed by atoms with Crippen molar-refractivity contribution >= 4 is 33.3 Å². The number of amides is 1. The molecule has 4 aromatic heterocycles. The number of benzene rings is 1. The zero-order valence-electron chi connectivity index (χ0n) is 15.1. The molecule has 0 atom stereocenters. The van der Waals surface area contributed by atoms with Crippen molar-refractivity contribution in [1.29, 1.82) is 0 Å². The summed E-state index contributed by atoms with van der Waals surface area (Å²) >= 11 is 1.36. The Morgan fingerprint density at radius 3 is 2.66 bits per heavy atom. The number of nitrogens with one attached hydrogen (secondary N) is 1. The van der Waals surface area contributed by atoms with Gasteiger partial charge in [0.2, 0.25) is 0 Å². The van der Waals surface area contributed by atoms with Crippen LogP contribution in [-0.2, 0) is 0 Å². The minimum Gasteiger partial charge on any atom is -0.463 e. The van der Waals surface area contributed by atoms with Gasteiger partial charge in [0, 0.05) is 17.0 Å². The number of hydrogen-bond donors (Lipinski definition) is 1. The third kappa shape index (κ3) is 3.39. The Morgan fingerprint density at radius 2 is 1.83 bits per heavy atom. The van der Waals surface area contributed by atoms with Gasteiger partial charge >= 0.3 is 0 Å². The van der Waals surface area contributed by atoms with Crippen LogP contribution in [-0.4, -0.2) is 20.9 Å². The predicted molar refractivity (Wildman–Crippen MR) is 113 cm³/mol. The summed E-state index contributed by atoms with van der Waals surface area (Å²) in [4.78, 5) is 26.5. The fourth-order valence-electron chi connectivity index (χ4n) is 3.04. The monoisotopic (exact) mass is 398 g/mol. The molecule has 0 aliphatic heterocycles. The van der Waals surface area contributed by atoms with Crippen molar-refractivity contribution < 1.29 is 9.21 Å².